The zero-order valence-corrected chi connectivity index (χ0v) is 14.1. The summed E-state index contributed by atoms with van der Waals surface area (Å²) < 4.78 is 0. The Kier molecular flexibility index (Phi) is 4.95. The first-order chi connectivity index (χ1) is 12.1. The molecule has 0 fully saturated rings. The molecule has 0 aliphatic carbocycles. The predicted octanol–water partition coefficient (Wildman–Crippen LogP) is 4.49. The van der Waals surface area contributed by atoms with Crippen LogP contribution in [0.4, 0.5) is 16.2 Å². The van der Waals surface area contributed by atoms with Gasteiger partial charge < -0.3 is 4.90 Å². The minimum absolute atomic E-state index is 0.627. The minimum Gasteiger partial charge on any atom is -0.378 e. The normalized spacial score (nSPS) is 10.8. The Morgan fingerprint density at radius 2 is 1.72 bits per heavy atom. The molecule has 5 nitrogen and oxygen atoms in total. The number of rotatable bonds is 4. The number of nitrogens with one attached hydrogen (secondary N) is 1. The van der Waals surface area contributed by atoms with Gasteiger partial charge in [-0.1, -0.05) is 53.7 Å². The highest BCUT2D eigenvalue weighted by molar-refractivity contribution is 6.00. The summed E-state index contributed by atoms with van der Waals surface area (Å²) >= 11 is 0. The van der Waals surface area contributed by atoms with Gasteiger partial charge in [0.2, 0.25) is 0 Å². The Morgan fingerprint density at radius 3 is 2.48 bits per heavy atom. The molecule has 0 bridgehead atoms. The number of carbonyl (C=O) groups is 1. The molecule has 0 aliphatic rings. The second kappa shape index (κ2) is 7.49. The van der Waals surface area contributed by atoms with E-state index >= 15 is 0 Å². The molecule has 3 aromatic carbocycles. The summed E-state index contributed by atoms with van der Waals surface area (Å²) in [6.45, 7) is 0. The third-order valence-corrected chi connectivity index (χ3v) is 3.77. The van der Waals surface area contributed by atoms with Crippen molar-refractivity contribution in [1.29, 1.82) is 0 Å². The summed E-state index contributed by atoms with van der Waals surface area (Å²) in [5, 5.41) is 8.45. The zero-order chi connectivity index (χ0) is 17.6. The molecule has 126 valence electrons. The minimum atomic E-state index is -0.627. The van der Waals surface area contributed by atoms with E-state index in [1.54, 1.807) is 0 Å². The number of carbonyl (C=O) groups excluding carboxylic acids is 1. The fraction of sp³-hybridized carbons (Fsp3) is 0.100. The first-order valence-corrected chi connectivity index (χ1v) is 7.90. The molecule has 5 heteroatoms. The summed E-state index contributed by atoms with van der Waals surface area (Å²) in [5.41, 5.74) is 2.63. The fourth-order valence-corrected chi connectivity index (χ4v) is 2.46. The van der Waals surface area contributed by atoms with Gasteiger partial charge in [-0.15, -0.1) is 0 Å². The van der Waals surface area contributed by atoms with Gasteiger partial charge in [-0.25, -0.2) is 4.79 Å². The van der Waals surface area contributed by atoms with Crippen LogP contribution in [-0.2, 0) is 4.84 Å². The summed E-state index contributed by atoms with van der Waals surface area (Å²) in [4.78, 5) is 18.8. The van der Waals surface area contributed by atoms with Crippen LogP contribution in [0.15, 0.2) is 71.9 Å². The zero-order valence-electron chi connectivity index (χ0n) is 14.1. The smallest absolute Gasteiger partial charge is 0.378 e. The molecule has 25 heavy (non-hydrogen) atoms. The Balaban J connectivity index is 1.62. The van der Waals surface area contributed by atoms with E-state index in [0.717, 1.165) is 22.0 Å². The van der Waals surface area contributed by atoms with Gasteiger partial charge in [0.05, 0.1) is 11.9 Å². The third-order valence-electron chi connectivity index (χ3n) is 3.77. The van der Waals surface area contributed by atoms with E-state index in [4.69, 9.17) is 4.84 Å². The first kappa shape index (κ1) is 16.5. The Bertz CT molecular complexity index is 897. The van der Waals surface area contributed by atoms with Crippen molar-refractivity contribution in [3.8, 4) is 0 Å². The van der Waals surface area contributed by atoms with Gasteiger partial charge in [-0.3, -0.25) is 10.2 Å². The van der Waals surface area contributed by atoms with Crippen LogP contribution < -0.4 is 10.2 Å². The van der Waals surface area contributed by atoms with Crippen molar-refractivity contribution in [2.24, 2.45) is 5.16 Å². The highest BCUT2D eigenvalue weighted by Crippen LogP contribution is 2.23. The molecule has 0 aliphatic heterocycles. The number of anilines is 2. The van der Waals surface area contributed by atoms with Crippen LogP contribution in [0.25, 0.3) is 10.8 Å². The van der Waals surface area contributed by atoms with E-state index in [9.17, 15) is 4.79 Å². The monoisotopic (exact) mass is 333 g/mol. The number of benzene rings is 3. The SMILES string of the molecule is CN(C)c1ccc(/C=N\OC(=O)Nc2cccc3ccccc23)cc1. The average molecular weight is 333 g/mol. The van der Waals surface area contributed by atoms with Crippen molar-refractivity contribution >= 4 is 34.5 Å². The molecule has 0 unspecified atom stereocenters. The molecule has 1 N–H and O–H groups in total. The summed E-state index contributed by atoms with van der Waals surface area (Å²) in [7, 11) is 3.95. The molecule has 0 saturated heterocycles. The average Bonchev–Trinajstić information content (AvgIpc) is 2.62. The van der Waals surface area contributed by atoms with Gasteiger partial charge in [-0.05, 0) is 29.1 Å². The van der Waals surface area contributed by atoms with Crippen molar-refractivity contribution in [2.45, 2.75) is 0 Å². The van der Waals surface area contributed by atoms with Crippen LogP contribution in [0.3, 0.4) is 0 Å². The van der Waals surface area contributed by atoms with E-state index < -0.39 is 6.09 Å². The quantitative estimate of drug-likeness (QED) is 0.435. The lowest BCUT2D eigenvalue weighted by Gasteiger charge is -2.11. The van der Waals surface area contributed by atoms with Crippen molar-refractivity contribution in [3.05, 3.63) is 72.3 Å². The maximum atomic E-state index is 11.9. The highest BCUT2D eigenvalue weighted by atomic mass is 16.7. The van der Waals surface area contributed by atoms with Crippen LogP contribution in [0.2, 0.25) is 0 Å². The van der Waals surface area contributed by atoms with Crippen LogP contribution in [0.1, 0.15) is 5.56 Å². The predicted molar refractivity (Wildman–Crippen MR) is 102 cm³/mol. The van der Waals surface area contributed by atoms with Crippen molar-refractivity contribution < 1.29 is 9.63 Å². The number of amides is 1. The second-order valence-corrected chi connectivity index (χ2v) is 5.75. The summed E-state index contributed by atoms with van der Waals surface area (Å²) in [5.74, 6) is 0. The summed E-state index contributed by atoms with van der Waals surface area (Å²) in [6.07, 6.45) is 0.875. The van der Waals surface area contributed by atoms with Gasteiger partial charge in [0.25, 0.3) is 0 Å². The third kappa shape index (κ3) is 4.14. The van der Waals surface area contributed by atoms with Crippen LogP contribution in [-0.4, -0.2) is 26.4 Å². The van der Waals surface area contributed by atoms with Gasteiger partial charge in [0.1, 0.15) is 0 Å². The molecule has 0 heterocycles. The largest absolute Gasteiger partial charge is 0.437 e. The van der Waals surface area contributed by atoms with Crippen molar-refractivity contribution in [2.75, 3.05) is 24.3 Å². The Hall–Kier alpha value is -3.34. The number of nitrogens with zero attached hydrogens (tertiary/aromatic N) is 2. The van der Waals surface area contributed by atoms with E-state index in [1.807, 2.05) is 85.7 Å². The molecular formula is C20H19N3O2. The van der Waals surface area contributed by atoms with Crippen LogP contribution in [0, 0.1) is 0 Å². The molecule has 3 rings (SSSR count). The maximum Gasteiger partial charge on any atom is 0.437 e. The fourth-order valence-electron chi connectivity index (χ4n) is 2.46. The summed E-state index contributed by atoms with van der Waals surface area (Å²) in [6, 6.07) is 21.3. The lowest BCUT2D eigenvalue weighted by atomic mass is 10.1. The first-order valence-electron chi connectivity index (χ1n) is 7.90. The molecule has 1 amide bonds. The highest BCUT2D eigenvalue weighted by Gasteiger charge is 2.06. The molecular weight excluding hydrogens is 314 g/mol. The van der Waals surface area contributed by atoms with Gasteiger partial charge >= 0.3 is 6.09 Å². The number of hydrogen-bond donors (Lipinski definition) is 1. The Labute approximate surface area is 146 Å². The molecule has 0 radical (unpaired) electrons. The van der Waals surface area contributed by atoms with Gasteiger partial charge in [-0.2, -0.15) is 0 Å². The van der Waals surface area contributed by atoms with Gasteiger partial charge in [0, 0.05) is 25.2 Å². The second-order valence-electron chi connectivity index (χ2n) is 5.75. The van der Waals surface area contributed by atoms with Crippen molar-refractivity contribution in [1.82, 2.24) is 0 Å². The molecule has 0 aromatic heterocycles. The molecule has 0 saturated carbocycles. The van der Waals surface area contributed by atoms with Crippen LogP contribution in [0.5, 0.6) is 0 Å². The van der Waals surface area contributed by atoms with Crippen molar-refractivity contribution in [3.63, 3.8) is 0 Å². The maximum absolute atomic E-state index is 11.9. The Morgan fingerprint density at radius 1 is 1.00 bits per heavy atom. The molecule has 0 spiro atoms. The van der Waals surface area contributed by atoms with E-state index in [-0.39, 0.29) is 0 Å². The lowest BCUT2D eigenvalue weighted by molar-refractivity contribution is 0.167. The number of hydrogen-bond acceptors (Lipinski definition) is 4. The topological polar surface area (TPSA) is 53.9 Å². The van der Waals surface area contributed by atoms with E-state index in [1.165, 1.54) is 6.21 Å². The van der Waals surface area contributed by atoms with Gasteiger partial charge in [0.15, 0.2) is 0 Å². The molecule has 3 aromatic rings. The van der Waals surface area contributed by atoms with E-state index in [2.05, 4.69) is 10.5 Å². The van der Waals surface area contributed by atoms with E-state index in [0.29, 0.717) is 5.69 Å². The molecule has 0 atom stereocenters. The lowest BCUT2D eigenvalue weighted by Crippen LogP contribution is -2.11. The number of fused-ring (bicyclic) bond motifs is 1. The number of oxime groups is 1. The standard InChI is InChI=1S/C20H19N3O2/c1-23(2)17-12-10-15(11-13-17)14-21-25-20(24)22-19-9-5-7-16-6-3-4-8-18(16)19/h3-14H,1-2H3,(H,22,24)/b21-14-. The van der Waals surface area contributed by atoms with Crippen LogP contribution >= 0.6 is 0 Å².